The molecule has 0 spiro atoms. The van der Waals surface area contributed by atoms with Gasteiger partial charge in [0.1, 0.15) is 6.29 Å². The average Bonchev–Trinajstić information content (AvgIpc) is 2.28. The Morgan fingerprint density at radius 3 is 2.50 bits per heavy atom. The van der Waals surface area contributed by atoms with E-state index in [2.05, 4.69) is 5.32 Å². The zero-order valence-corrected chi connectivity index (χ0v) is 9.02. The lowest BCUT2D eigenvalue weighted by atomic mass is 9.98. The molecule has 0 saturated carbocycles. The Morgan fingerprint density at radius 1 is 1.38 bits per heavy atom. The molecule has 1 aliphatic heterocycles. The number of hydrogen-bond acceptors (Lipinski definition) is 3. The predicted molar refractivity (Wildman–Crippen MR) is 56.0 cm³/mol. The molecule has 2 N–H and O–H groups in total. The number of aldehydes is 1. The van der Waals surface area contributed by atoms with Crippen LogP contribution < -0.4 is 5.32 Å². The van der Waals surface area contributed by atoms with Gasteiger partial charge in [-0.15, -0.1) is 0 Å². The molecule has 1 aliphatic rings. The molecule has 1 fully saturated rings. The van der Waals surface area contributed by atoms with E-state index in [9.17, 15) is 14.4 Å². The van der Waals surface area contributed by atoms with Gasteiger partial charge in [0, 0.05) is 32.0 Å². The fourth-order valence-electron chi connectivity index (χ4n) is 1.72. The lowest BCUT2D eigenvalue weighted by Gasteiger charge is -2.29. The first-order valence-corrected chi connectivity index (χ1v) is 5.33. The maximum Gasteiger partial charge on any atom is 0.404 e. The third kappa shape index (κ3) is 3.88. The number of piperidine rings is 1. The van der Waals surface area contributed by atoms with Crippen LogP contribution >= 0.6 is 0 Å². The van der Waals surface area contributed by atoms with Gasteiger partial charge in [0.2, 0.25) is 5.91 Å². The number of carbonyl (C=O) groups excluding carboxylic acids is 2. The standard InChI is InChI=1S/C10H16N2O4/c13-7-8-2-5-12(6-3-8)9(14)1-4-11-10(15)16/h7-8,11H,1-6H2,(H,15,16). The highest BCUT2D eigenvalue weighted by molar-refractivity contribution is 5.77. The van der Waals surface area contributed by atoms with E-state index < -0.39 is 6.09 Å². The Kier molecular flexibility index (Phi) is 4.75. The van der Waals surface area contributed by atoms with Gasteiger partial charge in [-0.1, -0.05) is 0 Å². The second-order valence-electron chi connectivity index (χ2n) is 3.84. The molecular weight excluding hydrogens is 212 g/mol. The minimum Gasteiger partial charge on any atom is -0.465 e. The second-order valence-corrected chi connectivity index (χ2v) is 3.84. The molecule has 0 bridgehead atoms. The van der Waals surface area contributed by atoms with Gasteiger partial charge < -0.3 is 20.1 Å². The molecule has 0 aromatic carbocycles. The highest BCUT2D eigenvalue weighted by Gasteiger charge is 2.21. The van der Waals surface area contributed by atoms with Gasteiger partial charge in [-0.25, -0.2) is 4.79 Å². The van der Waals surface area contributed by atoms with Gasteiger partial charge in [-0.2, -0.15) is 0 Å². The highest BCUT2D eigenvalue weighted by Crippen LogP contribution is 2.15. The van der Waals surface area contributed by atoms with Crippen molar-refractivity contribution in [3.05, 3.63) is 0 Å². The van der Waals surface area contributed by atoms with E-state index in [4.69, 9.17) is 5.11 Å². The van der Waals surface area contributed by atoms with Crippen LogP contribution in [0.4, 0.5) is 4.79 Å². The third-order valence-corrected chi connectivity index (χ3v) is 2.70. The van der Waals surface area contributed by atoms with Gasteiger partial charge in [0.05, 0.1) is 0 Å². The molecule has 1 heterocycles. The van der Waals surface area contributed by atoms with Crippen molar-refractivity contribution in [3.63, 3.8) is 0 Å². The number of hydrogen-bond donors (Lipinski definition) is 2. The number of carboxylic acid groups (broad SMARTS) is 1. The van der Waals surface area contributed by atoms with Crippen molar-refractivity contribution in [1.82, 2.24) is 10.2 Å². The number of likely N-dealkylation sites (tertiary alicyclic amines) is 1. The smallest absolute Gasteiger partial charge is 0.404 e. The first kappa shape index (κ1) is 12.5. The first-order valence-electron chi connectivity index (χ1n) is 5.33. The molecule has 0 aliphatic carbocycles. The summed E-state index contributed by atoms with van der Waals surface area (Å²) in [6.45, 7) is 1.33. The maximum atomic E-state index is 11.6. The maximum absolute atomic E-state index is 11.6. The molecule has 16 heavy (non-hydrogen) atoms. The zero-order valence-electron chi connectivity index (χ0n) is 9.02. The van der Waals surface area contributed by atoms with Crippen LogP contribution in [0.3, 0.4) is 0 Å². The fraction of sp³-hybridized carbons (Fsp3) is 0.700. The summed E-state index contributed by atoms with van der Waals surface area (Å²) < 4.78 is 0. The van der Waals surface area contributed by atoms with Crippen LogP contribution in [-0.4, -0.2) is 47.9 Å². The van der Waals surface area contributed by atoms with Crippen molar-refractivity contribution in [3.8, 4) is 0 Å². The predicted octanol–water partition coefficient (Wildman–Crippen LogP) is 0.0816. The van der Waals surface area contributed by atoms with Crippen LogP contribution in [0.15, 0.2) is 0 Å². The topological polar surface area (TPSA) is 86.7 Å². The number of nitrogens with one attached hydrogen (secondary N) is 1. The molecule has 90 valence electrons. The van der Waals surface area contributed by atoms with Crippen molar-refractivity contribution in [2.24, 2.45) is 5.92 Å². The molecule has 1 saturated heterocycles. The summed E-state index contributed by atoms with van der Waals surface area (Å²) in [5.74, 6) is 0.0132. The largest absolute Gasteiger partial charge is 0.465 e. The number of nitrogens with zero attached hydrogens (tertiary/aromatic N) is 1. The van der Waals surface area contributed by atoms with Gasteiger partial charge in [0.15, 0.2) is 0 Å². The summed E-state index contributed by atoms with van der Waals surface area (Å²) >= 11 is 0. The van der Waals surface area contributed by atoms with Crippen LogP contribution in [0.5, 0.6) is 0 Å². The Labute approximate surface area is 93.6 Å². The van der Waals surface area contributed by atoms with Crippen LogP contribution in [0.25, 0.3) is 0 Å². The molecule has 0 aromatic rings. The normalized spacial score (nSPS) is 16.9. The molecule has 0 atom stereocenters. The summed E-state index contributed by atoms with van der Waals surface area (Å²) in [6, 6.07) is 0. The van der Waals surface area contributed by atoms with Crippen LogP contribution in [-0.2, 0) is 9.59 Å². The lowest BCUT2D eigenvalue weighted by Crippen LogP contribution is -2.40. The van der Waals surface area contributed by atoms with E-state index in [1.165, 1.54) is 0 Å². The van der Waals surface area contributed by atoms with Crippen molar-refractivity contribution >= 4 is 18.3 Å². The Hall–Kier alpha value is -1.59. The van der Waals surface area contributed by atoms with E-state index in [-0.39, 0.29) is 24.8 Å². The van der Waals surface area contributed by atoms with Crippen molar-refractivity contribution in [2.45, 2.75) is 19.3 Å². The Bertz CT molecular complexity index is 272. The molecule has 0 unspecified atom stereocenters. The average molecular weight is 228 g/mol. The summed E-state index contributed by atoms with van der Waals surface area (Å²) in [6.07, 6.45) is 1.42. The monoisotopic (exact) mass is 228 g/mol. The van der Waals surface area contributed by atoms with Crippen molar-refractivity contribution in [2.75, 3.05) is 19.6 Å². The molecular formula is C10H16N2O4. The highest BCUT2D eigenvalue weighted by atomic mass is 16.4. The fourth-order valence-corrected chi connectivity index (χ4v) is 1.72. The van der Waals surface area contributed by atoms with E-state index >= 15 is 0 Å². The van der Waals surface area contributed by atoms with E-state index in [0.29, 0.717) is 25.9 Å². The van der Waals surface area contributed by atoms with Crippen molar-refractivity contribution in [1.29, 1.82) is 0 Å². The summed E-state index contributed by atoms with van der Waals surface area (Å²) in [5.41, 5.74) is 0. The minimum atomic E-state index is -1.12. The summed E-state index contributed by atoms with van der Waals surface area (Å²) in [4.78, 5) is 33.9. The van der Waals surface area contributed by atoms with Gasteiger partial charge in [0.25, 0.3) is 0 Å². The summed E-state index contributed by atoms with van der Waals surface area (Å²) in [7, 11) is 0. The summed E-state index contributed by atoms with van der Waals surface area (Å²) in [5, 5.41) is 10.5. The SMILES string of the molecule is O=CC1CCN(C(=O)CCNC(=O)O)CC1. The molecule has 6 heteroatoms. The first-order chi connectivity index (χ1) is 7.63. The minimum absolute atomic E-state index is 0.0573. The number of amides is 2. The molecule has 0 radical (unpaired) electrons. The Morgan fingerprint density at radius 2 is 2.00 bits per heavy atom. The lowest BCUT2D eigenvalue weighted by molar-refractivity contribution is -0.133. The van der Waals surface area contributed by atoms with Gasteiger partial charge in [-0.3, -0.25) is 4.79 Å². The molecule has 6 nitrogen and oxygen atoms in total. The quantitative estimate of drug-likeness (QED) is 0.667. The van der Waals surface area contributed by atoms with Gasteiger partial charge >= 0.3 is 6.09 Å². The van der Waals surface area contributed by atoms with Crippen LogP contribution in [0.1, 0.15) is 19.3 Å². The van der Waals surface area contributed by atoms with E-state index in [1.807, 2.05) is 0 Å². The number of carbonyl (C=O) groups is 3. The number of rotatable bonds is 4. The van der Waals surface area contributed by atoms with Gasteiger partial charge in [-0.05, 0) is 12.8 Å². The molecule has 1 rings (SSSR count). The second kappa shape index (κ2) is 6.09. The molecule has 0 aromatic heterocycles. The van der Waals surface area contributed by atoms with Crippen molar-refractivity contribution < 1.29 is 19.5 Å². The van der Waals surface area contributed by atoms with Crippen LogP contribution in [0.2, 0.25) is 0 Å². The Balaban J connectivity index is 2.22. The van der Waals surface area contributed by atoms with Crippen LogP contribution in [0, 0.1) is 5.92 Å². The van der Waals surface area contributed by atoms with E-state index in [0.717, 1.165) is 6.29 Å². The van der Waals surface area contributed by atoms with E-state index in [1.54, 1.807) is 4.90 Å². The zero-order chi connectivity index (χ0) is 12.0. The third-order valence-electron chi connectivity index (χ3n) is 2.70. The molecule has 2 amide bonds.